The molecule has 0 bridgehead atoms. The topological polar surface area (TPSA) is 17.1 Å². The van der Waals surface area contributed by atoms with Crippen molar-refractivity contribution in [2.24, 2.45) is 5.41 Å². The Labute approximate surface area is 98.2 Å². The van der Waals surface area contributed by atoms with Crippen LogP contribution in [0.25, 0.3) is 0 Å². The van der Waals surface area contributed by atoms with Crippen molar-refractivity contribution >= 4 is 6.29 Å². The summed E-state index contributed by atoms with van der Waals surface area (Å²) in [7, 11) is 0. The molecular weight excluding hydrogens is 196 g/mol. The predicted octanol–water partition coefficient (Wildman–Crippen LogP) is 3.99. The van der Waals surface area contributed by atoms with Gasteiger partial charge in [-0.2, -0.15) is 0 Å². The van der Waals surface area contributed by atoms with Crippen LogP contribution >= 0.6 is 0 Å². The molecule has 0 N–H and O–H groups in total. The van der Waals surface area contributed by atoms with Crippen LogP contribution in [-0.2, 0) is 4.79 Å². The van der Waals surface area contributed by atoms with Crippen LogP contribution in [0.3, 0.4) is 0 Å². The summed E-state index contributed by atoms with van der Waals surface area (Å²) < 4.78 is 0. The maximum Gasteiger partial charge on any atom is 0.143 e. The fraction of sp³-hybridized carbons (Fsp3) is 0.400. The zero-order valence-electron chi connectivity index (χ0n) is 10.6. The van der Waals surface area contributed by atoms with E-state index in [1.807, 2.05) is 13.0 Å². The van der Waals surface area contributed by atoms with Crippen molar-refractivity contribution < 1.29 is 4.79 Å². The summed E-state index contributed by atoms with van der Waals surface area (Å²) in [5.41, 5.74) is 3.84. The van der Waals surface area contributed by atoms with Crippen LogP contribution in [0.5, 0.6) is 0 Å². The standard InChI is InChI=1S/C15H20O/c1-12(9-11-16)7-8-14-13(2)6-5-10-15(14,3)4/h5,7-11H,6H2,1-4H3. The van der Waals surface area contributed by atoms with Crippen LogP contribution in [0.4, 0.5) is 0 Å². The molecule has 0 saturated carbocycles. The molecule has 0 heterocycles. The third-order valence-electron chi connectivity index (χ3n) is 2.96. The molecule has 0 aromatic rings. The van der Waals surface area contributed by atoms with E-state index in [9.17, 15) is 4.79 Å². The molecule has 0 aromatic heterocycles. The summed E-state index contributed by atoms with van der Waals surface area (Å²) in [4.78, 5) is 10.3. The number of aldehydes is 1. The first-order valence-corrected chi connectivity index (χ1v) is 5.65. The van der Waals surface area contributed by atoms with Gasteiger partial charge in [0.25, 0.3) is 0 Å². The molecule has 0 atom stereocenters. The minimum absolute atomic E-state index is 0.0975. The summed E-state index contributed by atoms with van der Waals surface area (Å²) in [6.07, 6.45) is 12.0. The van der Waals surface area contributed by atoms with E-state index < -0.39 is 0 Å². The van der Waals surface area contributed by atoms with Gasteiger partial charge >= 0.3 is 0 Å². The Kier molecular flexibility index (Phi) is 4.05. The van der Waals surface area contributed by atoms with Crippen molar-refractivity contribution in [1.82, 2.24) is 0 Å². The third kappa shape index (κ3) is 3.06. The highest BCUT2D eigenvalue weighted by molar-refractivity contribution is 5.67. The number of carbonyl (C=O) groups excluding carboxylic acids is 1. The molecule has 0 unspecified atom stereocenters. The molecule has 1 rings (SSSR count). The normalized spacial score (nSPS) is 20.6. The predicted molar refractivity (Wildman–Crippen MR) is 69.2 cm³/mol. The first-order chi connectivity index (χ1) is 7.47. The van der Waals surface area contributed by atoms with Crippen LogP contribution in [-0.4, -0.2) is 6.29 Å². The Balaban J connectivity index is 2.95. The van der Waals surface area contributed by atoms with Crippen LogP contribution in [0.15, 0.2) is 47.1 Å². The minimum atomic E-state index is 0.0975. The molecule has 16 heavy (non-hydrogen) atoms. The molecule has 0 saturated heterocycles. The average Bonchev–Trinajstić information content (AvgIpc) is 2.16. The molecule has 1 aliphatic carbocycles. The van der Waals surface area contributed by atoms with Crippen LogP contribution < -0.4 is 0 Å². The number of hydrogen-bond acceptors (Lipinski definition) is 1. The fourth-order valence-electron chi connectivity index (χ4n) is 2.01. The highest BCUT2D eigenvalue weighted by Crippen LogP contribution is 2.36. The van der Waals surface area contributed by atoms with Gasteiger partial charge in [-0.1, -0.05) is 43.7 Å². The third-order valence-corrected chi connectivity index (χ3v) is 2.96. The smallest absolute Gasteiger partial charge is 0.143 e. The summed E-state index contributed by atoms with van der Waals surface area (Å²) in [5.74, 6) is 0. The minimum Gasteiger partial charge on any atom is -0.299 e. The van der Waals surface area contributed by atoms with E-state index in [0.717, 1.165) is 18.3 Å². The van der Waals surface area contributed by atoms with E-state index >= 15 is 0 Å². The van der Waals surface area contributed by atoms with Crippen LogP contribution in [0, 0.1) is 5.41 Å². The lowest BCUT2D eigenvalue weighted by Gasteiger charge is -2.28. The molecule has 0 aromatic carbocycles. The average molecular weight is 216 g/mol. The second-order valence-corrected chi connectivity index (χ2v) is 4.90. The first-order valence-electron chi connectivity index (χ1n) is 5.65. The van der Waals surface area contributed by atoms with Crippen molar-refractivity contribution in [3.8, 4) is 0 Å². The summed E-state index contributed by atoms with van der Waals surface area (Å²) >= 11 is 0. The summed E-state index contributed by atoms with van der Waals surface area (Å²) in [6, 6.07) is 0. The van der Waals surface area contributed by atoms with E-state index in [4.69, 9.17) is 0 Å². The summed E-state index contributed by atoms with van der Waals surface area (Å²) in [6.45, 7) is 8.53. The highest BCUT2D eigenvalue weighted by Gasteiger charge is 2.22. The maximum absolute atomic E-state index is 10.3. The number of carbonyl (C=O) groups is 1. The number of allylic oxidation sites excluding steroid dienone is 8. The van der Waals surface area contributed by atoms with E-state index in [2.05, 4.69) is 39.0 Å². The second kappa shape index (κ2) is 5.11. The SMILES string of the molecule is CC(C=CC1=C(C)CC=CC1(C)C)=CC=O. The van der Waals surface area contributed by atoms with Gasteiger partial charge in [-0.25, -0.2) is 0 Å². The van der Waals surface area contributed by atoms with E-state index in [0.29, 0.717) is 0 Å². The van der Waals surface area contributed by atoms with Gasteiger partial charge < -0.3 is 0 Å². The van der Waals surface area contributed by atoms with Gasteiger partial charge in [-0.05, 0) is 37.5 Å². The van der Waals surface area contributed by atoms with Gasteiger partial charge in [0.15, 0.2) is 0 Å². The van der Waals surface area contributed by atoms with Gasteiger partial charge in [0.1, 0.15) is 6.29 Å². The van der Waals surface area contributed by atoms with Crippen molar-refractivity contribution in [3.63, 3.8) is 0 Å². The largest absolute Gasteiger partial charge is 0.299 e. The lowest BCUT2D eigenvalue weighted by molar-refractivity contribution is -0.104. The first kappa shape index (κ1) is 12.7. The molecule has 0 radical (unpaired) electrons. The lowest BCUT2D eigenvalue weighted by atomic mass is 9.77. The lowest BCUT2D eigenvalue weighted by Crippen LogP contribution is -2.14. The molecule has 0 aliphatic heterocycles. The fourth-order valence-corrected chi connectivity index (χ4v) is 2.01. The monoisotopic (exact) mass is 216 g/mol. The molecule has 0 fully saturated rings. The van der Waals surface area contributed by atoms with Gasteiger partial charge in [0.2, 0.25) is 0 Å². The molecule has 0 amide bonds. The molecule has 1 heteroatoms. The number of rotatable bonds is 3. The van der Waals surface area contributed by atoms with Gasteiger partial charge in [-0.15, -0.1) is 0 Å². The maximum atomic E-state index is 10.3. The molecule has 1 aliphatic rings. The Morgan fingerprint density at radius 3 is 2.69 bits per heavy atom. The Morgan fingerprint density at radius 2 is 2.12 bits per heavy atom. The van der Waals surface area contributed by atoms with Gasteiger partial charge in [-0.3, -0.25) is 4.79 Å². The Morgan fingerprint density at radius 1 is 1.44 bits per heavy atom. The van der Waals surface area contributed by atoms with Crippen LogP contribution in [0.1, 0.15) is 34.1 Å². The molecule has 86 valence electrons. The van der Waals surface area contributed by atoms with Crippen molar-refractivity contribution in [3.05, 3.63) is 47.1 Å². The molecule has 0 spiro atoms. The van der Waals surface area contributed by atoms with Crippen molar-refractivity contribution in [1.29, 1.82) is 0 Å². The molecular formula is C15H20O. The highest BCUT2D eigenvalue weighted by atomic mass is 16.1. The van der Waals surface area contributed by atoms with E-state index in [1.165, 1.54) is 11.1 Å². The second-order valence-electron chi connectivity index (χ2n) is 4.90. The zero-order chi connectivity index (χ0) is 12.2. The van der Waals surface area contributed by atoms with Gasteiger partial charge in [0.05, 0.1) is 0 Å². The number of hydrogen-bond donors (Lipinski definition) is 0. The quantitative estimate of drug-likeness (QED) is 0.302. The Bertz CT molecular complexity index is 390. The van der Waals surface area contributed by atoms with Crippen molar-refractivity contribution in [2.75, 3.05) is 0 Å². The van der Waals surface area contributed by atoms with Gasteiger partial charge in [0, 0.05) is 5.41 Å². The zero-order valence-corrected chi connectivity index (χ0v) is 10.6. The summed E-state index contributed by atoms with van der Waals surface area (Å²) in [5, 5.41) is 0. The van der Waals surface area contributed by atoms with Crippen LogP contribution in [0.2, 0.25) is 0 Å². The Hall–Kier alpha value is -1.37. The van der Waals surface area contributed by atoms with E-state index in [-0.39, 0.29) is 5.41 Å². The van der Waals surface area contributed by atoms with Crippen molar-refractivity contribution in [2.45, 2.75) is 34.1 Å². The van der Waals surface area contributed by atoms with E-state index in [1.54, 1.807) is 6.08 Å². The molecule has 1 nitrogen and oxygen atoms in total.